The largest absolute Gasteiger partial charge is 0.352 e. The van der Waals surface area contributed by atoms with E-state index in [1.807, 2.05) is 32.9 Å². The van der Waals surface area contributed by atoms with E-state index in [0.717, 1.165) is 22.4 Å². The fraction of sp³-hybridized carbons (Fsp3) is 0.318. The molecule has 154 valence electrons. The summed E-state index contributed by atoms with van der Waals surface area (Å²) in [6.07, 6.45) is 0.694. The third-order valence-corrected chi connectivity index (χ3v) is 4.61. The number of anilines is 1. The van der Waals surface area contributed by atoms with Gasteiger partial charge in [-0.2, -0.15) is 0 Å². The maximum absolute atomic E-state index is 12.1. The first-order valence-corrected chi connectivity index (χ1v) is 9.82. The maximum Gasteiger partial charge on any atom is 0.251 e. The third-order valence-electron chi connectivity index (χ3n) is 4.36. The lowest BCUT2D eigenvalue weighted by Gasteiger charge is -2.13. The van der Waals surface area contributed by atoms with Crippen LogP contribution in [0.15, 0.2) is 36.4 Å². The lowest BCUT2D eigenvalue weighted by atomic mass is 10.1. The van der Waals surface area contributed by atoms with E-state index in [9.17, 15) is 14.4 Å². The van der Waals surface area contributed by atoms with Gasteiger partial charge in [0.2, 0.25) is 11.8 Å². The molecule has 0 bridgehead atoms. The monoisotopic (exact) mass is 415 g/mol. The van der Waals surface area contributed by atoms with Crippen LogP contribution in [0.5, 0.6) is 0 Å². The summed E-state index contributed by atoms with van der Waals surface area (Å²) in [5, 5.41) is 8.76. The molecule has 0 fully saturated rings. The molecule has 6 nitrogen and oxygen atoms in total. The molecule has 0 radical (unpaired) electrons. The van der Waals surface area contributed by atoms with E-state index < -0.39 is 0 Å². The molecule has 2 aromatic carbocycles. The summed E-state index contributed by atoms with van der Waals surface area (Å²) in [7, 11) is 0. The Morgan fingerprint density at radius 2 is 1.52 bits per heavy atom. The summed E-state index contributed by atoms with van der Waals surface area (Å²) in [5.74, 6) is -0.729. The molecule has 0 aliphatic rings. The normalized spacial score (nSPS) is 10.3. The number of benzene rings is 2. The van der Waals surface area contributed by atoms with Crippen LogP contribution in [0.3, 0.4) is 0 Å². The fourth-order valence-corrected chi connectivity index (χ4v) is 3.11. The van der Waals surface area contributed by atoms with Gasteiger partial charge in [0, 0.05) is 29.2 Å². The highest BCUT2D eigenvalue weighted by Crippen LogP contribution is 2.21. The number of carbonyl (C=O) groups excluding carboxylic acids is 3. The summed E-state index contributed by atoms with van der Waals surface area (Å²) in [6.45, 7) is 6.15. The van der Waals surface area contributed by atoms with Gasteiger partial charge in [-0.3, -0.25) is 14.4 Å². The van der Waals surface area contributed by atoms with Gasteiger partial charge >= 0.3 is 0 Å². The number of aryl methyl sites for hydroxylation is 3. The second kappa shape index (κ2) is 10.6. The van der Waals surface area contributed by atoms with Crippen LogP contribution in [0.4, 0.5) is 5.69 Å². The van der Waals surface area contributed by atoms with Gasteiger partial charge < -0.3 is 16.0 Å². The molecule has 29 heavy (non-hydrogen) atoms. The lowest BCUT2D eigenvalue weighted by Crippen LogP contribution is -2.33. The molecule has 0 atom stereocenters. The van der Waals surface area contributed by atoms with Crippen molar-refractivity contribution < 1.29 is 14.4 Å². The number of amides is 3. The maximum atomic E-state index is 12.1. The standard InChI is InChI=1S/C22H26ClN3O3/c1-14-11-15(2)21(16(3)12-14)26-20(28)13-25-19(27)5-4-10-24-22(29)17-6-8-18(23)9-7-17/h6-9,11-12H,4-5,10,13H2,1-3H3,(H,24,29)(H,25,27)(H,26,28). The van der Waals surface area contributed by atoms with Crippen LogP contribution in [0.2, 0.25) is 5.02 Å². The molecule has 0 saturated heterocycles. The van der Waals surface area contributed by atoms with Crippen molar-refractivity contribution in [3.05, 3.63) is 63.7 Å². The smallest absolute Gasteiger partial charge is 0.251 e. The summed E-state index contributed by atoms with van der Waals surface area (Å²) in [4.78, 5) is 36.0. The second-order valence-electron chi connectivity index (χ2n) is 6.96. The van der Waals surface area contributed by atoms with Crippen molar-refractivity contribution in [1.29, 1.82) is 0 Å². The van der Waals surface area contributed by atoms with E-state index in [4.69, 9.17) is 11.6 Å². The number of halogens is 1. The molecule has 0 spiro atoms. The van der Waals surface area contributed by atoms with Gasteiger partial charge in [-0.15, -0.1) is 0 Å². The molecule has 0 aliphatic carbocycles. The molecule has 0 unspecified atom stereocenters. The van der Waals surface area contributed by atoms with Crippen molar-refractivity contribution in [3.63, 3.8) is 0 Å². The van der Waals surface area contributed by atoms with Crippen LogP contribution in [0.1, 0.15) is 39.9 Å². The van der Waals surface area contributed by atoms with E-state index in [1.54, 1.807) is 24.3 Å². The van der Waals surface area contributed by atoms with Gasteiger partial charge in [0.1, 0.15) is 0 Å². The van der Waals surface area contributed by atoms with E-state index in [2.05, 4.69) is 16.0 Å². The predicted octanol–water partition coefficient (Wildman–Crippen LogP) is 3.53. The zero-order valence-corrected chi connectivity index (χ0v) is 17.7. The molecule has 0 aromatic heterocycles. The summed E-state index contributed by atoms with van der Waals surface area (Å²) >= 11 is 5.79. The number of hydrogen-bond acceptors (Lipinski definition) is 3. The van der Waals surface area contributed by atoms with Gasteiger partial charge in [0.25, 0.3) is 5.91 Å². The van der Waals surface area contributed by atoms with Crippen molar-refractivity contribution >= 4 is 35.0 Å². The van der Waals surface area contributed by atoms with Gasteiger partial charge in [0.15, 0.2) is 0 Å². The number of nitrogens with one attached hydrogen (secondary N) is 3. The second-order valence-corrected chi connectivity index (χ2v) is 7.40. The first-order chi connectivity index (χ1) is 13.8. The van der Waals surface area contributed by atoms with E-state index >= 15 is 0 Å². The minimum absolute atomic E-state index is 0.0945. The van der Waals surface area contributed by atoms with E-state index in [0.29, 0.717) is 23.6 Å². The van der Waals surface area contributed by atoms with Crippen molar-refractivity contribution in [3.8, 4) is 0 Å². The van der Waals surface area contributed by atoms with Crippen molar-refractivity contribution in [1.82, 2.24) is 10.6 Å². The van der Waals surface area contributed by atoms with Gasteiger partial charge in [-0.05, 0) is 62.6 Å². The van der Waals surface area contributed by atoms with Crippen LogP contribution in [0.25, 0.3) is 0 Å². The molecule has 3 amide bonds. The zero-order chi connectivity index (χ0) is 21.4. The molecule has 3 N–H and O–H groups in total. The molecule has 7 heteroatoms. The van der Waals surface area contributed by atoms with E-state index in [-0.39, 0.29) is 30.7 Å². The Morgan fingerprint density at radius 3 is 2.14 bits per heavy atom. The average molecular weight is 416 g/mol. The molecule has 2 aromatic rings. The van der Waals surface area contributed by atoms with Crippen molar-refractivity contribution in [2.45, 2.75) is 33.6 Å². The summed E-state index contributed by atoms with van der Waals surface area (Å²) in [5.41, 5.74) is 4.39. The van der Waals surface area contributed by atoms with Gasteiger partial charge in [0.05, 0.1) is 6.54 Å². The Balaban J connectivity index is 1.67. The highest BCUT2D eigenvalue weighted by atomic mass is 35.5. The summed E-state index contributed by atoms with van der Waals surface area (Å²) < 4.78 is 0. The number of hydrogen-bond donors (Lipinski definition) is 3. The quantitative estimate of drug-likeness (QED) is 0.576. The minimum atomic E-state index is -0.274. The highest BCUT2D eigenvalue weighted by molar-refractivity contribution is 6.30. The number of rotatable bonds is 8. The van der Waals surface area contributed by atoms with E-state index in [1.165, 1.54) is 0 Å². The lowest BCUT2D eigenvalue weighted by molar-refractivity contribution is -0.124. The molecule has 0 heterocycles. The fourth-order valence-electron chi connectivity index (χ4n) is 2.98. The van der Waals surface area contributed by atoms with Crippen LogP contribution in [-0.2, 0) is 9.59 Å². The minimum Gasteiger partial charge on any atom is -0.352 e. The molecular weight excluding hydrogens is 390 g/mol. The van der Waals surface area contributed by atoms with Crippen LogP contribution in [0, 0.1) is 20.8 Å². The van der Waals surface area contributed by atoms with Crippen LogP contribution >= 0.6 is 11.6 Å². The third kappa shape index (κ3) is 7.23. The Kier molecular flexibility index (Phi) is 8.21. The van der Waals surface area contributed by atoms with Crippen molar-refractivity contribution in [2.24, 2.45) is 0 Å². The Hall–Kier alpha value is -2.86. The molecular formula is C22H26ClN3O3. The predicted molar refractivity (Wildman–Crippen MR) is 115 cm³/mol. The first-order valence-electron chi connectivity index (χ1n) is 9.44. The molecule has 2 rings (SSSR count). The first kappa shape index (κ1) is 22.4. The molecule has 0 aliphatic heterocycles. The van der Waals surface area contributed by atoms with Gasteiger partial charge in [-0.25, -0.2) is 0 Å². The Labute approximate surface area is 176 Å². The van der Waals surface area contributed by atoms with Crippen LogP contribution < -0.4 is 16.0 Å². The topological polar surface area (TPSA) is 87.3 Å². The Morgan fingerprint density at radius 1 is 0.897 bits per heavy atom. The molecule has 0 saturated carbocycles. The zero-order valence-electron chi connectivity index (χ0n) is 16.9. The number of carbonyl (C=O) groups is 3. The SMILES string of the molecule is Cc1cc(C)c(NC(=O)CNC(=O)CCCNC(=O)c2ccc(Cl)cc2)c(C)c1. The summed E-state index contributed by atoms with van der Waals surface area (Å²) in [6, 6.07) is 10.6. The van der Waals surface area contributed by atoms with Crippen LogP contribution in [-0.4, -0.2) is 30.8 Å². The van der Waals surface area contributed by atoms with Crippen molar-refractivity contribution in [2.75, 3.05) is 18.4 Å². The van der Waals surface area contributed by atoms with Gasteiger partial charge in [-0.1, -0.05) is 29.3 Å². The Bertz CT molecular complexity index is 872. The average Bonchev–Trinajstić information content (AvgIpc) is 2.66. The highest BCUT2D eigenvalue weighted by Gasteiger charge is 2.10.